The second-order valence-electron chi connectivity index (χ2n) is 5.54. The van der Waals surface area contributed by atoms with Crippen molar-refractivity contribution >= 4 is 27.6 Å². The molecule has 0 spiro atoms. The Kier molecular flexibility index (Phi) is 6.40. The minimum Gasteiger partial charge on any atom is -0.495 e. The predicted molar refractivity (Wildman–Crippen MR) is 99.3 cm³/mol. The second-order valence-corrected chi connectivity index (χ2v) is 7.20. The second kappa shape index (κ2) is 8.54. The van der Waals surface area contributed by atoms with Gasteiger partial charge in [-0.15, -0.1) is 0 Å². The molecule has 0 fully saturated rings. The highest BCUT2D eigenvalue weighted by molar-refractivity contribution is 7.92. The highest BCUT2D eigenvalue weighted by atomic mass is 32.2. The SMILES string of the molecule is COC(=O)CNC(=O)c1ccc(C)c(S(=O)(=O)Nc2ccccc2OC)c1. The molecule has 2 aromatic rings. The van der Waals surface area contributed by atoms with E-state index in [0.717, 1.165) is 0 Å². The Morgan fingerprint density at radius 3 is 2.44 bits per heavy atom. The van der Waals surface area contributed by atoms with Crippen LogP contribution >= 0.6 is 0 Å². The summed E-state index contributed by atoms with van der Waals surface area (Å²) in [5.41, 5.74) is 0.840. The van der Waals surface area contributed by atoms with Gasteiger partial charge in [0.15, 0.2) is 0 Å². The number of para-hydroxylation sites is 2. The minimum atomic E-state index is -3.97. The summed E-state index contributed by atoms with van der Waals surface area (Å²) in [6.07, 6.45) is 0. The molecule has 0 atom stereocenters. The summed E-state index contributed by atoms with van der Waals surface area (Å²) in [6.45, 7) is 1.30. The molecule has 2 aromatic carbocycles. The normalized spacial score (nSPS) is 10.8. The van der Waals surface area contributed by atoms with Crippen molar-refractivity contribution in [1.29, 1.82) is 0 Å². The number of benzene rings is 2. The molecule has 144 valence electrons. The van der Waals surface area contributed by atoms with E-state index < -0.39 is 21.9 Å². The maximum Gasteiger partial charge on any atom is 0.325 e. The number of methoxy groups -OCH3 is 2. The monoisotopic (exact) mass is 392 g/mol. The van der Waals surface area contributed by atoms with Crippen molar-refractivity contribution < 1.29 is 27.5 Å². The molecule has 27 heavy (non-hydrogen) atoms. The maximum atomic E-state index is 12.8. The number of nitrogens with one attached hydrogen (secondary N) is 2. The molecule has 2 rings (SSSR count). The molecule has 8 nitrogen and oxygen atoms in total. The number of hydrogen-bond donors (Lipinski definition) is 2. The lowest BCUT2D eigenvalue weighted by molar-refractivity contribution is -0.139. The van der Waals surface area contributed by atoms with Crippen LogP contribution in [0.5, 0.6) is 5.75 Å². The van der Waals surface area contributed by atoms with Gasteiger partial charge in [-0.05, 0) is 36.8 Å². The zero-order valence-corrected chi connectivity index (χ0v) is 15.9. The molecule has 0 bridgehead atoms. The number of hydrogen-bond acceptors (Lipinski definition) is 6. The lowest BCUT2D eigenvalue weighted by Crippen LogP contribution is -2.30. The van der Waals surface area contributed by atoms with Crippen LogP contribution in [-0.2, 0) is 19.6 Å². The van der Waals surface area contributed by atoms with Crippen LogP contribution in [0.25, 0.3) is 0 Å². The van der Waals surface area contributed by atoms with Crippen LogP contribution in [0.4, 0.5) is 5.69 Å². The van der Waals surface area contributed by atoms with Gasteiger partial charge in [0, 0.05) is 5.56 Å². The molecule has 1 amide bonds. The number of amides is 1. The Hall–Kier alpha value is -3.07. The quantitative estimate of drug-likeness (QED) is 0.694. The first-order chi connectivity index (χ1) is 12.8. The summed E-state index contributed by atoms with van der Waals surface area (Å²) >= 11 is 0. The van der Waals surface area contributed by atoms with Crippen LogP contribution in [0.1, 0.15) is 15.9 Å². The third kappa shape index (κ3) is 4.98. The summed E-state index contributed by atoms with van der Waals surface area (Å²) in [5, 5.41) is 2.37. The average molecular weight is 392 g/mol. The van der Waals surface area contributed by atoms with E-state index in [0.29, 0.717) is 11.3 Å². The molecular weight excluding hydrogens is 372 g/mol. The summed E-state index contributed by atoms with van der Waals surface area (Å²) in [4.78, 5) is 23.2. The lowest BCUT2D eigenvalue weighted by Gasteiger charge is -2.14. The van der Waals surface area contributed by atoms with Gasteiger partial charge in [-0.3, -0.25) is 14.3 Å². The summed E-state index contributed by atoms with van der Waals surface area (Å²) in [5.74, 6) is -0.832. The van der Waals surface area contributed by atoms with E-state index in [1.54, 1.807) is 31.2 Å². The minimum absolute atomic E-state index is 0.0564. The number of sulfonamides is 1. The van der Waals surface area contributed by atoms with E-state index in [9.17, 15) is 18.0 Å². The summed E-state index contributed by atoms with van der Waals surface area (Å²) in [7, 11) is -1.33. The van der Waals surface area contributed by atoms with Crippen LogP contribution in [0.2, 0.25) is 0 Å². The highest BCUT2D eigenvalue weighted by Gasteiger charge is 2.21. The van der Waals surface area contributed by atoms with Crippen molar-refractivity contribution in [2.45, 2.75) is 11.8 Å². The van der Waals surface area contributed by atoms with E-state index in [4.69, 9.17) is 4.74 Å². The van der Waals surface area contributed by atoms with Crippen LogP contribution < -0.4 is 14.8 Å². The van der Waals surface area contributed by atoms with Gasteiger partial charge in [-0.2, -0.15) is 0 Å². The van der Waals surface area contributed by atoms with Crippen LogP contribution in [0.15, 0.2) is 47.4 Å². The van der Waals surface area contributed by atoms with Gasteiger partial charge in [0.1, 0.15) is 12.3 Å². The summed E-state index contributed by atoms with van der Waals surface area (Å²) < 4.78 is 37.7. The first kappa shape index (κ1) is 20.2. The molecule has 0 aliphatic heterocycles. The first-order valence-corrected chi connectivity index (χ1v) is 9.38. The van der Waals surface area contributed by atoms with Crippen molar-refractivity contribution in [2.24, 2.45) is 0 Å². The maximum absolute atomic E-state index is 12.8. The molecule has 0 unspecified atom stereocenters. The van der Waals surface area contributed by atoms with E-state index >= 15 is 0 Å². The highest BCUT2D eigenvalue weighted by Crippen LogP contribution is 2.27. The smallest absolute Gasteiger partial charge is 0.325 e. The Morgan fingerprint density at radius 2 is 1.78 bits per heavy atom. The number of aryl methyl sites for hydroxylation is 1. The van der Waals surface area contributed by atoms with Gasteiger partial charge < -0.3 is 14.8 Å². The molecule has 0 aliphatic rings. The van der Waals surface area contributed by atoms with Crippen molar-refractivity contribution in [3.8, 4) is 5.75 Å². The van der Waals surface area contributed by atoms with Gasteiger partial charge in [-0.25, -0.2) is 8.42 Å². The van der Waals surface area contributed by atoms with Gasteiger partial charge >= 0.3 is 5.97 Å². The van der Waals surface area contributed by atoms with Gasteiger partial charge in [0.05, 0.1) is 24.8 Å². The van der Waals surface area contributed by atoms with Crippen molar-refractivity contribution in [3.63, 3.8) is 0 Å². The fraction of sp³-hybridized carbons (Fsp3) is 0.222. The zero-order valence-electron chi connectivity index (χ0n) is 15.1. The summed E-state index contributed by atoms with van der Waals surface area (Å²) in [6, 6.07) is 10.8. The number of carbonyl (C=O) groups excluding carboxylic acids is 2. The number of anilines is 1. The van der Waals surface area contributed by atoms with Gasteiger partial charge in [-0.1, -0.05) is 18.2 Å². The van der Waals surface area contributed by atoms with Crippen molar-refractivity contribution in [1.82, 2.24) is 5.32 Å². The standard InChI is InChI=1S/C18H20N2O6S/c1-12-8-9-13(18(22)19-11-17(21)26-3)10-16(12)27(23,24)20-14-6-4-5-7-15(14)25-2/h4-10,20H,11H2,1-3H3,(H,19,22). The molecule has 0 aromatic heterocycles. The topological polar surface area (TPSA) is 111 Å². The predicted octanol–water partition coefficient (Wildman–Crippen LogP) is 1.71. The van der Waals surface area contributed by atoms with E-state index in [-0.39, 0.29) is 22.7 Å². The Balaban J connectivity index is 2.31. The largest absolute Gasteiger partial charge is 0.495 e. The number of ether oxygens (including phenoxy) is 2. The third-order valence-corrected chi connectivity index (χ3v) is 5.22. The third-order valence-electron chi connectivity index (χ3n) is 3.71. The number of rotatable bonds is 7. The van der Waals surface area contributed by atoms with E-state index in [1.165, 1.54) is 32.4 Å². The van der Waals surface area contributed by atoms with E-state index in [1.807, 2.05) is 0 Å². The van der Waals surface area contributed by atoms with Gasteiger partial charge in [0.25, 0.3) is 15.9 Å². The first-order valence-electron chi connectivity index (χ1n) is 7.90. The zero-order chi connectivity index (χ0) is 20.0. The molecular formula is C18H20N2O6S. The van der Waals surface area contributed by atoms with Crippen LogP contribution in [0, 0.1) is 6.92 Å². The van der Waals surface area contributed by atoms with Crippen molar-refractivity contribution in [3.05, 3.63) is 53.6 Å². The van der Waals surface area contributed by atoms with Crippen LogP contribution in [0.3, 0.4) is 0 Å². The Morgan fingerprint density at radius 1 is 1.07 bits per heavy atom. The molecule has 2 N–H and O–H groups in total. The number of carbonyl (C=O) groups is 2. The molecule has 0 saturated carbocycles. The molecule has 0 saturated heterocycles. The van der Waals surface area contributed by atoms with E-state index in [2.05, 4.69) is 14.8 Å². The van der Waals surface area contributed by atoms with Crippen molar-refractivity contribution in [2.75, 3.05) is 25.5 Å². The van der Waals surface area contributed by atoms with Gasteiger partial charge in [0.2, 0.25) is 0 Å². The lowest BCUT2D eigenvalue weighted by atomic mass is 10.1. The molecule has 0 aliphatic carbocycles. The molecule has 0 heterocycles. The Labute approximate surface area is 157 Å². The fourth-order valence-electron chi connectivity index (χ4n) is 2.29. The number of esters is 1. The molecule has 0 radical (unpaired) electrons. The fourth-order valence-corrected chi connectivity index (χ4v) is 3.63. The van der Waals surface area contributed by atoms with Crippen LogP contribution in [-0.4, -0.2) is 41.1 Å². The Bertz CT molecular complexity index is 956. The average Bonchev–Trinajstić information content (AvgIpc) is 2.66. The molecule has 9 heteroatoms.